The Kier molecular flexibility index (Phi) is 6.13. The van der Waals surface area contributed by atoms with E-state index < -0.39 is 29.1 Å². The lowest BCUT2D eigenvalue weighted by Crippen LogP contribution is -2.48. The lowest BCUT2D eigenvalue weighted by molar-refractivity contribution is -0.129. The van der Waals surface area contributed by atoms with Crippen molar-refractivity contribution in [2.45, 2.75) is 13.8 Å². The maximum absolute atomic E-state index is 15.1. The van der Waals surface area contributed by atoms with Crippen molar-refractivity contribution in [2.24, 2.45) is 0 Å². The zero-order valence-electron chi connectivity index (χ0n) is 19.6. The van der Waals surface area contributed by atoms with Crippen LogP contribution in [0, 0.1) is 24.4 Å². The molecule has 1 saturated heterocycles. The fourth-order valence-electron chi connectivity index (χ4n) is 4.20. The molecule has 0 spiro atoms. The van der Waals surface area contributed by atoms with Gasteiger partial charge in [0.15, 0.2) is 23.2 Å². The number of halogens is 3. The molecule has 4 aromatic rings. The average Bonchev–Trinajstić information content (AvgIpc) is 3.28. The van der Waals surface area contributed by atoms with E-state index in [0.717, 1.165) is 31.2 Å². The van der Waals surface area contributed by atoms with Gasteiger partial charge in [0.2, 0.25) is 11.7 Å². The molecule has 0 aliphatic carbocycles. The first-order chi connectivity index (χ1) is 17.3. The minimum absolute atomic E-state index is 0.00175. The van der Waals surface area contributed by atoms with Gasteiger partial charge in [-0.3, -0.25) is 4.79 Å². The van der Waals surface area contributed by atoms with Crippen molar-refractivity contribution in [3.05, 3.63) is 65.9 Å². The van der Waals surface area contributed by atoms with Crippen molar-refractivity contribution < 1.29 is 22.7 Å². The van der Waals surface area contributed by atoms with E-state index in [9.17, 15) is 13.6 Å². The topological polar surface area (TPSA) is 86.4 Å². The summed E-state index contributed by atoms with van der Waals surface area (Å²) in [4.78, 5) is 25.9. The molecule has 2 N–H and O–H groups in total. The summed E-state index contributed by atoms with van der Waals surface area (Å²) in [6, 6.07) is 9.59. The number of carbonyl (C=O) groups is 1. The van der Waals surface area contributed by atoms with Crippen LogP contribution in [0.4, 0.5) is 30.4 Å². The lowest BCUT2D eigenvalue weighted by Gasteiger charge is -2.35. The van der Waals surface area contributed by atoms with Gasteiger partial charge in [-0.05, 0) is 37.3 Å². The van der Waals surface area contributed by atoms with Crippen LogP contribution >= 0.6 is 0 Å². The Balaban J connectivity index is 1.31. The van der Waals surface area contributed by atoms with Gasteiger partial charge in [0, 0.05) is 61.6 Å². The Bertz CT molecular complexity index is 1430. The van der Waals surface area contributed by atoms with Crippen LogP contribution in [0.3, 0.4) is 0 Å². The Morgan fingerprint density at radius 3 is 2.44 bits per heavy atom. The van der Waals surface area contributed by atoms with Crippen molar-refractivity contribution in [3.8, 4) is 11.6 Å². The smallest absolute Gasteiger partial charge is 0.261 e. The van der Waals surface area contributed by atoms with E-state index in [1.807, 2.05) is 17.0 Å². The molecule has 11 heteroatoms. The molecule has 1 fully saturated rings. The van der Waals surface area contributed by atoms with Gasteiger partial charge in [0.1, 0.15) is 6.33 Å². The quantitative estimate of drug-likeness (QED) is 0.409. The lowest BCUT2D eigenvalue weighted by atomic mass is 10.2. The largest absolute Gasteiger partial charge is 0.433 e. The highest BCUT2D eigenvalue weighted by Gasteiger charge is 2.21. The van der Waals surface area contributed by atoms with Gasteiger partial charge in [-0.2, -0.15) is 9.37 Å². The Hall–Kier alpha value is -4.28. The predicted octanol–water partition coefficient (Wildman–Crippen LogP) is 4.89. The van der Waals surface area contributed by atoms with Crippen molar-refractivity contribution in [3.63, 3.8) is 0 Å². The second kappa shape index (κ2) is 9.40. The van der Waals surface area contributed by atoms with E-state index in [2.05, 4.69) is 25.2 Å². The summed E-state index contributed by atoms with van der Waals surface area (Å²) in [7, 11) is 0. The zero-order valence-corrected chi connectivity index (χ0v) is 19.6. The molecule has 1 aliphatic heterocycles. The molecule has 3 heterocycles. The number of amides is 1. The van der Waals surface area contributed by atoms with Crippen LogP contribution in [0.15, 0.2) is 42.7 Å². The van der Waals surface area contributed by atoms with Crippen LogP contribution in [0.25, 0.3) is 10.9 Å². The number of nitrogens with one attached hydrogen (secondary N) is 2. The SMILES string of the molecule is CC(=O)N1CCN(c2ccc(Nc3ncnc(Oc4cc(F)c5[nH]c(C)cc5c4F)c3F)cc2)CC1. The van der Waals surface area contributed by atoms with Gasteiger partial charge >= 0.3 is 0 Å². The Morgan fingerprint density at radius 2 is 1.75 bits per heavy atom. The third kappa shape index (κ3) is 4.51. The van der Waals surface area contributed by atoms with Gasteiger partial charge in [0.05, 0.1) is 5.52 Å². The maximum Gasteiger partial charge on any atom is 0.261 e. The van der Waals surface area contributed by atoms with Crippen molar-refractivity contribution >= 4 is 34.0 Å². The van der Waals surface area contributed by atoms with E-state index in [0.29, 0.717) is 24.5 Å². The summed E-state index contributed by atoms with van der Waals surface area (Å²) >= 11 is 0. The molecule has 0 saturated carbocycles. The van der Waals surface area contributed by atoms with Gasteiger partial charge in [-0.15, -0.1) is 0 Å². The number of hydrogen-bond donors (Lipinski definition) is 2. The van der Waals surface area contributed by atoms with Crippen LogP contribution in [0.1, 0.15) is 12.6 Å². The van der Waals surface area contributed by atoms with E-state index in [4.69, 9.17) is 4.74 Å². The Labute approximate surface area is 204 Å². The molecule has 5 rings (SSSR count). The van der Waals surface area contributed by atoms with Crippen molar-refractivity contribution in [1.29, 1.82) is 0 Å². The number of hydrogen-bond acceptors (Lipinski definition) is 6. The zero-order chi connectivity index (χ0) is 25.4. The minimum atomic E-state index is -0.952. The van der Waals surface area contributed by atoms with Crippen molar-refractivity contribution in [1.82, 2.24) is 19.9 Å². The summed E-state index contributed by atoms with van der Waals surface area (Å²) in [6.45, 7) is 5.99. The number of ether oxygens (including phenoxy) is 1. The summed E-state index contributed by atoms with van der Waals surface area (Å²) in [5.41, 5.74) is 2.12. The van der Waals surface area contributed by atoms with Gasteiger partial charge in [-0.1, -0.05) is 0 Å². The van der Waals surface area contributed by atoms with Crippen LogP contribution in [-0.2, 0) is 4.79 Å². The number of fused-ring (bicyclic) bond motifs is 1. The fraction of sp³-hybridized carbons (Fsp3) is 0.240. The first kappa shape index (κ1) is 23.5. The highest BCUT2D eigenvalue weighted by molar-refractivity contribution is 5.83. The van der Waals surface area contributed by atoms with Crippen LogP contribution in [0.2, 0.25) is 0 Å². The molecular weight excluding hydrogens is 473 g/mol. The second-order valence-electron chi connectivity index (χ2n) is 8.52. The first-order valence-corrected chi connectivity index (χ1v) is 11.3. The van der Waals surface area contributed by atoms with Gasteiger partial charge in [-0.25, -0.2) is 13.8 Å². The first-order valence-electron chi connectivity index (χ1n) is 11.3. The number of benzene rings is 2. The van der Waals surface area contributed by atoms with E-state index in [1.54, 1.807) is 26.0 Å². The molecule has 36 heavy (non-hydrogen) atoms. The van der Waals surface area contributed by atoms with Crippen LogP contribution in [0.5, 0.6) is 11.6 Å². The minimum Gasteiger partial charge on any atom is -0.433 e. The molecule has 2 aromatic carbocycles. The summed E-state index contributed by atoms with van der Waals surface area (Å²) < 4.78 is 49.7. The number of anilines is 3. The number of aromatic nitrogens is 3. The monoisotopic (exact) mass is 496 g/mol. The molecule has 0 unspecified atom stereocenters. The molecule has 1 aliphatic rings. The number of piperazine rings is 1. The third-order valence-corrected chi connectivity index (χ3v) is 6.09. The maximum atomic E-state index is 15.1. The second-order valence-corrected chi connectivity index (χ2v) is 8.52. The third-order valence-electron chi connectivity index (χ3n) is 6.09. The molecular formula is C25H23F3N6O2. The fourth-order valence-corrected chi connectivity index (χ4v) is 4.20. The molecule has 2 aromatic heterocycles. The van der Waals surface area contributed by atoms with Crippen molar-refractivity contribution in [2.75, 3.05) is 36.4 Å². The summed E-state index contributed by atoms with van der Waals surface area (Å²) in [5, 5.41) is 2.86. The molecule has 186 valence electrons. The molecule has 1 amide bonds. The number of H-pyrrole nitrogens is 1. The number of carbonyl (C=O) groups excluding carboxylic acids is 1. The predicted molar refractivity (Wildman–Crippen MR) is 129 cm³/mol. The Morgan fingerprint density at radius 1 is 1.03 bits per heavy atom. The number of aryl methyl sites for hydroxylation is 1. The van der Waals surface area contributed by atoms with Crippen LogP contribution < -0.4 is 15.0 Å². The average molecular weight is 496 g/mol. The van der Waals surface area contributed by atoms with Gasteiger partial charge in [0.25, 0.3) is 5.88 Å². The molecule has 0 radical (unpaired) electrons. The molecule has 0 bridgehead atoms. The number of nitrogens with zero attached hydrogens (tertiary/aromatic N) is 4. The summed E-state index contributed by atoms with van der Waals surface area (Å²) in [6.07, 6.45) is 1.07. The normalized spacial score (nSPS) is 13.8. The van der Waals surface area contributed by atoms with Gasteiger partial charge < -0.3 is 24.8 Å². The highest BCUT2D eigenvalue weighted by atomic mass is 19.1. The molecule has 0 atom stereocenters. The van der Waals surface area contributed by atoms with Crippen LogP contribution in [-0.4, -0.2) is 51.9 Å². The van der Waals surface area contributed by atoms with E-state index in [-0.39, 0.29) is 22.6 Å². The van der Waals surface area contributed by atoms with E-state index in [1.165, 1.54) is 6.07 Å². The summed E-state index contributed by atoms with van der Waals surface area (Å²) in [5.74, 6) is -3.66. The number of rotatable bonds is 5. The highest BCUT2D eigenvalue weighted by Crippen LogP contribution is 2.34. The van der Waals surface area contributed by atoms with E-state index >= 15 is 4.39 Å². The number of aromatic amines is 1. The molecule has 8 nitrogen and oxygen atoms in total. The standard InChI is InChI=1S/C25H23F3N6O2/c1-14-11-18-21(27)20(12-19(26)23(18)31-14)36-25-22(28)24(29-13-30-25)32-16-3-5-17(6-4-16)34-9-7-33(8-10-34)15(2)35/h3-6,11-13,31H,7-10H2,1-2H3,(H,29,30,32).